The number of hydrogen-bond acceptors (Lipinski definition) is 5. The van der Waals surface area contributed by atoms with E-state index in [9.17, 15) is 22.4 Å². The lowest BCUT2D eigenvalue weighted by Crippen LogP contribution is -2.22. The van der Waals surface area contributed by atoms with E-state index in [-0.39, 0.29) is 22.0 Å². The minimum absolute atomic E-state index is 0.0168. The normalized spacial score (nSPS) is 10.9. The molecule has 0 heterocycles. The Kier molecular flexibility index (Phi) is 6.96. The third-order valence-electron chi connectivity index (χ3n) is 4.13. The quantitative estimate of drug-likeness (QED) is 0.458. The standard InChI is InChI=1S/C21H17ClFN3O5S/c22-14-7-10-17(26-32(29,30)19-4-2-1-3-16(19)23)18(11-14)25-20(27)12-31-15-8-5-13(6-9-15)21(24)28/h1-11,26H,12H2,(H2,24,28)(H,25,27). The smallest absolute Gasteiger partial charge is 0.264 e. The maximum absolute atomic E-state index is 13.9. The molecule has 0 fully saturated rings. The molecule has 4 N–H and O–H groups in total. The summed E-state index contributed by atoms with van der Waals surface area (Å²) in [5, 5.41) is 2.73. The molecule has 3 rings (SSSR count). The third kappa shape index (κ3) is 5.74. The molecule has 3 aromatic carbocycles. The zero-order chi connectivity index (χ0) is 23.3. The fraction of sp³-hybridized carbons (Fsp3) is 0.0476. The molecule has 0 aliphatic heterocycles. The predicted octanol–water partition coefficient (Wildman–Crippen LogP) is 3.40. The van der Waals surface area contributed by atoms with Crippen LogP contribution < -0.4 is 20.5 Å². The highest BCUT2D eigenvalue weighted by molar-refractivity contribution is 7.92. The van der Waals surface area contributed by atoms with Crippen molar-refractivity contribution in [1.82, 2.24) is 0 Å². The largest absolute Gasteiger partial charge is 0.484 e. The van der Waals surface area contributed by atoms with Crippen LogP contribution in [-0.2, 0) is 14.8 Å². The van der Waals surface area contributed by atoms with Gasteiger partial charge in [0, 0.05) is 10.6 Å². The number of rotatable bonds is 8. The molecule has 0 aliphatic carbocycles. The van der Waals surface area contributed by atoms with Gasteiger partial charge in [-0.2, -0.15) is 0 Å². The molecular weight excluding hydrogens is 461 g/mol. The minimum Gasteiger partial charge on any atom is -0.484 e. The van der Waals surface area contributed by atoms with Crippen molar-refractivity contribution < 1.29 is 27.1 Å². The van der Waals surface area contributed by atoms with Crippen LogP contribution in [0, 0.1) is 5.82 Å². The minimum atomic E-state index is -4.27. The Bertz CT molecular complexity index is 1270. The van der Waals surface area contributed by atoms with E-state index in [0.717, 1.165) is 12.1 Å². The van der Waals surface area contributed by atoms with E-state index in [4.69, 9.17) is 22.1 Å². The van der Waals surface area contributed by atoms with Gasteiger partial charge in [-0.05, 0) is 54.6 Å². The number of benzene rings is 3. The van der Waals surface area contributed by atoms with E-state index < -0.39 is 39.2 Å². The lowest BCUT2D eigenvalue weighted by molar-refractivity contribution is -0.118. The van der Waals surface area contributed by atoms with Crippen molar-refractivity contribution in [2.24, 2.45) is 5.73 Å². The van der Waals surface area contributed by atoms with Gasteiger partial charge in [0.2, 0.25) is 5.91 Å². The molecule has 0 atom stereocenters. The fourth-order valence-electron chi connectivity index (χ4n) is 2.62. The Balaban J connectivity index is 1.73. The molecule has 0 radical (unpaired) electrons. The van der Waals surface area contributed by atoms with Gasteiger partial charge in [0.05, 0.1) is 11.4 Å². The van der Waals surface area contributed by atoms with Crippen LogP contribution in [0.1, 0.15) is 10.4 Å². The summed E-state index contributed by atoms with van der Waals surface area (Å²) in [6.07, 6.45) is 0. The molecule has 11 heteroatoms. The topological polar surface area (TPSA) is 128 Å². The number of halogens is 2. The van der Waals surface area contributed by atoms with Crippen molar-refractivity contribution in [3.8, 4) is 5.75 Å². The molecule has 8 nitrogen and oxygen atoms in total. The summed E-state index contributed by atoms with van der Waals surface area (Å²) in [6, 6.07) is 14.8. The number of sulfonamides is 1. The number of amides is 2. The number of carbonyl (C=O) groups is 2. The Morgan fingerprint density at radius 2 is 1.69 bits per heavy atom. The number of carbonyl (C=O) groups excluding carboxylic acids is 2. The number of nitrogens with one attached hydrogen (secondary N) is 2. The summed E-state index contributed by atoms with van der Waals surface area (Å²) in [7, 11) is -4.27. The number of ether oxygens (including phenoxy) is 1. The fourth-order valence-corrected chi connectivity index (χ4v) is 3.95. The molecule has 0 saturated heterocycles. The van der Waals surface area contributed by atoms with Gasteiger partial charge < -0.3 is 15.8 Å². The van der Waals surface area contributed by atoms with Crippen molar-refractivity contribution >= 4 is 44.8 Å². The van der Waals surface area contributed by atoms with E-state index in [1.54, 1.807) is 0 Å². The van der Waals surface area contributed by atoms with Crippen LogP contribution >= 0.6 is 11.6 Å². The van der Waals surface area contributed by atoms with Crippen molar-refractivity contribution in [1.29, 1.82) is 0 Å². The SMILES string of the molecule is NC(=O)c1ccc(OCC(=O)Nc2cc(Cl)ccc2NS(=O)(=O)c2ccccc2F)cc1. The first kappa shape index (κ1) is 23.0. The number of nitrogens with two attached hydrogens (primary N) is 1. The number of primary amides is 1. The Morgan fingerprint density at radius 1 is 1.00 bits per heavy atom. The number of hydrogen-bond donors (Lipinski definition) is 3. The maximum Gasteiger partial charge on any atom is 0.264 e. The molecule has 0 aliphatic rings. The van der Waals surface area contributed by atoms with Crippen LogP contribution in [0.5, 0.6) is 5.75 Å². The zero-order valence-electron chi connectivity index (χ0n) is 16.3. The van der Waals surface area contributed by atoms with E-state index in [2.05, 4.69) is 10.0 Å². The second kappa shape index (κ2) is 9.67. The van der Waals surface area contributed by atoms with E-state index in [1.807, 2.05) is 0 Å². The molecular formula is C21H17ClFN3O5S. The highest BCUT2D eigenvalue weighted by Crippen LogP contribution is 2.28. The van der Waals surface area contributed by atoms with E-state index in [1.165, 1.54) is 54.6 Å². The molecule has 0 spiro atoms. The molecule has 166 valence electrons. The van der Waals surface area contributed by atoms with Crippen molar-refractivity contribution in [3.63, 3.8) is 0 Å². The monoisotopic (exact) mass is 477 g/mol. The second-order valence-electron chi connectivity index (χ2n) is 6.45. The van der Waals surface area contributed by atoms with Gasteiger partial charge in [0.25, 0.3) is 15.9 Å². The van der Waals surface area contributed by atoms with Gasteiger partial charge in [-0.1, -0.05) is 23.7 Å². The summed E-state index contributed by atoms with van der Waals surface area (Å²) < 4.78 is 46.7. The average molecular weight is 478 g/mol. The first-order valence-electron chi connectivity index (χ1n) is 9.05. The van der Waals surface area contributed by atoms with Crippen LogP contribution in [0.4, 0.5) is 15.8 Å². The van der Waals surface area contributed by atoms with Crippen LogP contribution in [-0.4, -0.2) is 26.8 Å². The van der Waals surface area contributed by atoms with Crippen LogP contribution in [0.2, 0.25) is 5.02 Å². The number of anilines is 2. The average Bonchev–Trinajstić information content (AvgIpc) is 2.74. The summed E-state index contributed by atoms with van der Waals surface area (Å²) in [5.74, 6) is -1.81. The summed E-state index contributed by atoms with van der Waals surface area (Å²) in [5.41, 5.74) is 5.48. The van der Waals surface area contributed by atoms with Crippen molar-refractivity contribution in [3.05, 3.63) is 83.1 Å². The molecule has 0 saturated carbocycles. The molecule has 2 amide bonds. The zero-order valence-corrected chi connectivity index (χ0v) is 17.9. The van der Waals surface area contributed by atoms with Gasteiger partial charge in [0.1, 0.15) is 16.5 Å². The second-order valence-corrected chi connectivity index (χ2v) is 8.54. The van der Waals surface area contributed by atoms with Gasteiger partial charge in [-0.25, -0.2) is 12.8 Å². The Labute approximate surface area is 188 Å². The van der Waals surface area contributed by atoms with Crippen molar-refractivity contribution in [2.45, 2.75) is 4.90 Å². The molecule has 0 bridgehead atoms. The Morgan fingerprint density at radius 3 is 2.34 bits per heavy atom. The summed E-state index contributed by atoms with van der Waals surface area (Å²) in [6.45, 7) is -0.415. The highest BCUT2D eigenvalue weighted by atomic mass is 35.5. The molecule has 0 aromatic heterocycles. The van der Waals surface area contributed by atoms with Gasteiger partial charge >= 0.3 is 0 Å². The summed E-state index contributed by atoms with van der Waals surface area (Å²) >= 11 is 5.97. The molecule has 3 aromatic rings. The first-order valence-corrected chi connectivity index (χ1v) is 10.9. The van der Waals surface area contributed by atoms with E-state index >= 15 is 0 Å². The molecule has 32 heavy (non-hydrogen) atoms. The van der Waals surface area contributed by atoms with Crippen LogP contribution in [0.3, 0.4) is 0 Å². The van der Waals surface area contributed by atoms with Crippen LogP contribution in [0.25, 0.3) is 0 Å². The molecule has 0 unspecified atom stereocenters. The third-order valence-corrected chi connectivity index (χ3v) is 5.77. The van der Waals surface area contributed by atoms with Crippen molar-refractivity contribution in [2.75, 3.05) is 16.6 Å². The Hall–Kier alpha value is -3.63. The highest BCUT2D eigenvalue weighted by Gasteiger charge is 2.20. The van der Waals surface area contributed by atoms with Crippen LogP contribution in [0.15, 0.2) is 71.6 Å². The lowest BCUT2D eigenvalue weighted by Gasteiger charge is -2.15. The summed E-state index contributed by atoms with van der Waals surface area (Å²) in [4.78, 5) is 22.9. The van der Waals surface area contributed by atoms with Gasteiger partial charge in [-0.15, -0.1) is 0 Å². The van der Waals surface area contributed by atoms with Gasteiger partial charge in [-0.3, -0.25) is 14.3 Å². The van der Waals surface area contributed by atoms with Gasteiger partial charge in [0.15, 0.2) is 6.61 Å². The maximum atomic E-state index is 13.9. The predicted molar refractivity (Wildman–Crippen MR) is 118 cm³/mol. The van der Waals surface area contributed by atoms with E-state index in [0.29, 0.717) is 5.75 Å². The lowest BCUT2D eigenvalue weighted by atomic mass is 10.2. The first-order chi connectivity index (χ1) is 15.2.